The van der Waals surface area contributed by atoms with Gasteiger partial charge < -0.3 is 15.2 Å². The Morgan fingerprint density at radius 2 is 1.86 bits per heavy atom. The lowest BCUT2D eigenvalue weighted by Gasteiger charge is -2.09. The number of hydrogen-bond acceptors (Lipinski definition) is 6. The minimum absolute atomic E-state index is 0.181. The summed E-state index contributed by atoms with van der Waals surface area (Å²) >= 11 is 1.53. The number of anilines is 2. The van der Waals surface area contributed by atoms with Crippen LogP contribution in [0.15, 0.2) is 52.4 Å². The van der Waals surface area contributed by atoms with Gasteiger partial charge >= 0.3 is 0 Å². The summed E-state index contributed by atoms with van der Waals surface area (Å²) < 4.78 is 5.31. The molecule has 4 rings (SSSR count). The zero-order valence-electron chi connectivity index (χ0n) is 15.1. The molecule has 28 heavy (non-hydrogen) atoms. The van der Waals surface area contributed by atoms with Crippen molar-refractivity contribution in [3.63, 3.8) is 0 Å². The molecule has 0 aliphatic carbocycles. The second-order valence-electron chi connectivity index (χ2n) is 6.20. The summed E-state index contributed by atoms with van der Waals surface area (Å²) in [6.07, 6.45) is 0. The molecule has 2 N–H and O–H groups in total. The lowest BCUT2D eigenvalue weighted by atomic mass is 10.1. The third kappa shape index (κ3) is 3.49. The number of carbonyl (C=O) groups is 2. The first-order valence-electron chi connectivity index (χ1n) is 8.51. The van der Waals surface area contributed by atoms with E-state index in [-0.39, 0.29) is 11.8 Å². The van der Waals surface area contributed by atoms with E-state index in [1.165, 1.54) is 18.3 Å². The molecule has 0 saturated heterocycles. The SMILES string of the molecule is CC(=O)Nc1cccc(NC(=O)c2cc(-c3cccs3)nc3onc(C)c23)c1. The fourth-order valence-corrected chi connectivity index (χ4v) is 3.59. The lowest BCUT2D eigenvalue weighted by Crippen LogP contribution is -2.13. The minimum atomic E-state index is -0.309. The molecule has 0 fully saturated rings. The number of thiophene rings is 1. The molecule has 0 radical (unpaired) electrons. The molecule has 1 aromatic carbocycles. The van der Waals surface area contributed by atoms with E-state index >= 15 is 0 Å². The highest BCUT2D eigenvalue weighted by Crippen LogP contribution is 2.30. The number of aryl methyl sites for hydroxylation is 1. The van der Waals surface area contributed by atoms with Crippen LogP contribution in [0.5, 0.6) is 0 Å². The minimum Gasteiger partial charge on any atom is -0.335 e. The number of carbonyl (C=O) groups excluding carboxylic acids is 2. The Labute approximate surface area is 164 Å². The van der Waals surface area contributed by atoms with Gasteiger partial charge in [-0.25, -0.2) is 4.98 Å². The van der Waals surface area contributed by atoms with E-state index in [2.05, 4.69) is 20.8 Å². The van der Waals surface area contributed by atoms with Crippen LogP contribution in [-0.4, -0.2) is 22.0 Å². The third-order valence-corrected chi connectivity index (χ3v) is 4.97. The number of amides is 2. The van der Waals surface area contributed by atoms with Crippen molar-refractivity contribution >= 4 is 45.6 Å². The van der Waals surface area contributed by atoms with E-state index in [4.69, 9.17) is 4.52 Å². The fourth-order valence-electron chi connectivity index (χ4n) is 2.90. The summed E-state index contributed by atoms with van der Waals surface area (Å²) in [6.45, 7) is 3.20. The number of nitrogens with zero attached hydrogens (tertiary/aromatic N) is 2. The standard InChI is InChI=1S/C20H16N4O3S/c1-11-18-15(10-16(17-7-4-8-28-17)23-20(18)27-24-11)19(26)22-14-6-3-5-13(9-14)21-12(2)25/h3-10H,1-2H3,(H,21,25)(H,22,26). The van der Waals surface area contributed by atoms with Gasteiger partial charge in [-0.1, -0.05) is 17.3 Å². The maximum Gasteiger partial charge on any atom is 0.259 e. The van der Waals surface area contributed by atoms with Crippen LogP contribution in [0.1, 0.15) is 23.0 Å². The molecule has 0 unspecified atom stereocenters. The van der Waals surface area contributed by atoms with Crippen molar-refractivity contribution in [1.29, 1.82) is 0 Å². The summed E-state index contributed by atoms with van der Waals surface area (Å²) in [5.74, 6) is -0.489. The molecular weight excluding hydrogens is 376 g/mol. The number of pyridine rings is 1. The second-order valence-corrected chi connectivity index (χ2v) is 7.14. The molecule has 0 spiro atoms. The van der Waals surface area contributed by atoms with Crippen molar-refractivity contribution < 1.29 is 14.1 Å². The van der Waals surface area contributed by atoms with Crippen LogP contribution in [0.4, 0.5) is 11.4 Å². The van der Waals surface area contributed by atoms with Crippen molar-refractivity contribution in [1.82, 2.24) is 10.1 Å². The normalized spacial score (nSPS) is 10.8. The molecule has 7 nitrogen and oxygen atoms in total. The van der Waals surface area contributed by atoms with Crippen LogP contribution in [-0.2, 0) is 4.79 Å². The van der Waals surface area contributed by atoms with Crippen molar-refractivity contribution in [2.24, 2.45) is 0 Å². The summed E-state index contributed by atoms with van der Waals surface area (Å²) in [6, 6.07) is 12.5. The Balaban J connectivity index is 1.73. The van der Waals surface area contributed by atoms with E-state index < -0.39 is 0 Å². The van der Waals surface area contributed by atoms with Gasteiger partial charge in [0.15, 0.2) is 0 Å². The highest BCUT2D eigenvalue weighted by atomic mass is 32.1. The Morgan fingerprint density at radius 3 is 2.57 bits per heavy atom. The van der Waals surface area contributed by atoms with Gasteiger partial charge in [-0.15, -0.1) is 11.3 Å². The molecule has 0 bridgehead atoms. The Kier molecular flexibility index (Phi) is 4.62. The van der Waals surface area contributed by atoms with Crippen molar-refractivity contribution in [2.75, 3.05) is 10.6 Å². The predicted octanol–water partition coefficient (Wildman–Crippen LogP) is 4.47. The monoisotopic (exact) mass is 392 g/mol. The third-order valence-electron chi connectivity index (χ3n) is 4.08. The number of benzene rings is 1. The van der Waals surface area contributed by atoms with E-state index in [0.717, 1.165) is 4.88 Å². The van der Waals surface area contributed by atoms with Gasteiger partial charge in [0.2, 0.25) is 5.91 Å². The van der Waals surface area contributed by atoms with Crippen LogP contribution >= 0.6 is 11.3 Å². The molecule has 140 valence electrons. The highest BCUT2D eigenvalue weighted by molar-refractivity contribution is 7.13. The average molecular weight is 392 g/mol. The Bertz CT molecular complexity index is 1180. The first-order valence-corrected chi connectivity index (χ1v) is 9.39. The second kappa shape index (κ2) is 7.24. The number of fused-ring (bicyclic) bond motifs is 1. The molecular formula is C20H16N4O3S. The van der Waals surface area contributed by atoms with Gasteiger partial charge in [0, 0.05) is 18.3 Å². The first kappa shape index (κ1) is 17.9. The zero-order chi connectivity index (χ0) is 19.7. The summed E-state index contributed by atoms with van der Waals surface area (Å²) in [4.78, 5) is 29.7. The molecule has 0 atom stereocenters. The zero-order valence-corrected chi connectivity index (χ0v) is 16.0. The molecule has 3 aromatic heterocycles. The van der Waals surface area contributed by atoms with Crippen molar-refractivity contribution in [3.8, 4) is 10.6 Å². The largest absolute Gasteiger partial charge is 0.335 e. The van der Waals surface area contributed by atoms with E-state index in [9.17, 15) is 9.59 Å². The van der Waals surface area contributed by atoms with Crippen molar-refractivity contribution in [3.05, 3.63) is 59.1 Å². The molecule has 0 aliphatic heterocycles. The van der Waals surface area contributed by atoms with Crippen LogP contribution in [0.3, 0.4) is 0 Å². The van der Waals surface area contributed by atoms with Gasteiger partial charge in [0.25, 0.3) is 11.6 Å². The summed E-state index contributed by atoms with van der Waals surface area (Å²) in [5.41, 5.74) is 3.16. The Morgan fingerprint density at radius 1 is 1.07 bits per heavy atom. The van der Waals surface area contributed by atoms with Gasteiger partial charge in [-0.2, -0.15) is 0 Å². The smallest absolute Gasteiger partial charge is 0.259 e. The van der Waals surface area contributed by atoms with E-state index in [1.54, 1.807) is 37.3 Å². The Hall–Kier alpha value is -3.52. The number of rotatable bonds is 4. The molecule has 8 heteroatoms. The molecule has 3 heterocycles. The van der Waals surface area contributed by atoms with Gasteiger partial charge in [-0.05, 0) is 42.6 Å². The van der Waals surface area contributed by atoms with E-state index in [1.807, 2.05) is 17.5 Å². The van der Waals surface area contributed by atoms with E-state index in [0.29, 0.717) is 39.4 Å². The fraction of sp³-hybridized carbons (Fsp3) is 0.100. The van der Waals surface area contributed by atoms with Crippen LogP contribution in [0.25, 0.3) is 21.7 Å². The quantitative estimate of drug-likeness (QED) is 0.534. The summed E-state index contributed by atoms with van der Waals surface area (Å²) in [7, 11) is 0. The average Bonchev–Trinajstić information content (AvgIpc) is 3.31. The molecule has 4 aromatic rings. The van der Waals surface area contributed by atoms with Gasteiger partial charge in [-0.3, -0.25) is 9.59 Å². The number of aromatic nitrogens is 2. The van der Waals surface area contributed by atoms with Gasteiger partial charge in [0.1, 0.15) is 0 Å². The van der Waals surface area contributed by atoms with Crippen LogP contribution in [0, 0.1) is 6.92 Å². The molecule has 0 aliphatic rings. The first-order chi connectivity index (χ1) is 13.5. The molecule has 2 amide bonds. The highest BCUT2D eigenvalue weighted by Gasteiger charge is 2.20. The number of nitrogens with one attached hydrogen (secondary N) is 2. The maximum atomic E-state index is 13.0. The topological polar surface area (TPSA) is 97.1 Å². The predicted molar refractivity (Wildman–Crippen MR) is 109 cm³/mol. The van der Waals surface area contributed by atoms with Crippen LogP contribution in [0.2, 0.25) is 0 Å². The molecule has 0 saturated carbocycles. The lowest BCUT2D eigenvalue weighted by molar-refractivity contribution is -0.114. The number of hydrogen-bond donors (Lipinski definition) is 2. The van der Waals surface area contributed by atoms with Crippen molar-refractivity contribution in [2.45, 2.75) is 13.8 Å². The van der Waals surface area contributed by atoms with Crippen LogP contribution < -0.4 is 10.6 Å². The van der Waals surface area contributed by atoms with Gasteiger partial charge in [0.05, 0.1) is 27.2 Å². The summed E-state index contributed by atoms with van der Waals surface area (Å²) in [5, 5.41) is 12.0. The maximum absolute atomic E-state index is 13.0.